The molecule has 0 unspecified atom stereocenters. The van der Waals surface area contributed by atoms with Crippen LogP contribution in [0, 0.1) is 10.8 Å². The van der Waals surface area contributed by atoms with Crippen LogP contribution in [-0.4, -0.2) is 11.4 Å². The number of nitrogens with one attached hydrogen (secondary N) is 2. The van der Waals surface area contributed by atoms with E-state index >= 15 is 0 Å². The first-order valence-electron chi connectivity index (χ1n) is 10.5. The molecule has 0 amide bonds. The van der Waals surface area contributed by atoms with Gasteiger partial charge in [0.2, 0.25) is 0 Å². The SMILES string of the molecule is CC(C)c1cccc(C(C)C)c1C(=N)C(=N)c1c(C(C)C)cccc1C(C)C. The van der Waals surface area contributed by atoms with Gasteiger partial charge in [0.1, 0.15) is 0 Å². The van der Waals surface area contributed by atoms with Crippen LogP contribution in [0.2, 0.25) is 0 Å². The summed E-state index contributed by atoms with van der Waals surface area (Å²) in [5, 5.41) is 18.2. The van der Waals surface area contributed by atoms with Gasteiger partial charge in [0, 0.05) is 11.1 Å². The van der Waals surface area contributed by atoms with Crippen molar-refractivity contribution in [1.29, 1.82) is 10.8 Å². The van der Waals surface area contributed by atoms with Crippen molar-refractivity contribution in [2.45, 2.75) is 79.1 Å². The highest BCUT2D eigenvalue weighted by Crippen LogP contribution is 2.32. The van der Waals surface area contributed by atoms with E-state index in [2.05, 4.69) is 91.8 Å². The molecule has 0 spiro atoms. The standard InChI is InChI=1S/C26H36N2/c1-15(2)19-11-9-12-20(16(3)4)23(19)25(27)26(28)24-21(17(5)6)13-10-14-22(24)18(7)8/h9-18,27-28H,1-8H3. The quantitative estimate of drug-likeness (QED) is 0.467. The summed E-state index contributed by atoms with van der Waals surface area (Å²) in [6.45, 7) is 17.3. The maximum Gasteiger partial charge on any atom is 0.0873 e. The zero-order valence-electron chi connectivity index (χ0n) is 18.8. The minimum Gasteiger partial charge on any atom is -0.298 e. The Morgan fingerprint density at radius 1 is 0.500 bits per heavy atom. The molecule has 0 aliphatic carbocycles. The summed E-state index contributed by atoms with van der Waals surface area (Å²) in [7, 11) is 0. The van der Waals surface area contributed by atoms with E-state index in [0.717, 1.165) is 33.4 Å². The molecule has 0 fully saturated rings. The van der Waals surface area contributed by atoms with E-state index in [-0.39, 0.29) is 0 Å². The minimum absolute atomic E-state index is 0.312. The summed E-state index contributed by atoms with van der Waals surface area (Å²) in [4.78, 5) is 0. The molecule has 2 nitrogen and oxygen atoms in total. The van der Waals surface area contributed by atoms with Crippen molar-refractivity contribution in [3.8, 4) is 0 Å². The molecule has 0 saturated heterocycles. The van der Waals surface area contributed by atoms with Crippen molar-refractivity contribution in [3.63, 3.8) is 0 Å². The highest BCUT2D eigenvalue weighted by molar-refractivity contribution is 6.52. The molecular weight excluding hydrogens is 340 g/mol. The van der Waals surface area contributed by atoms with Crippen LogP contribution in [0.5, 0.6) is 0 Å². The minimum atomic E-state index is 0.312. The van der Waals surface area contributed by atoms with Gasteiger partial charge >= 0.3 is 0 Å². The van der Waals surface area contributed by atoms with E-state index in [0.29, 0.717) is 35.1 Å². The molecule has 28 heavy (non-hydrogen) atoms. The van der Waals surface area contributed by atoms with Gasteiger partial charge in [0.15, 0.2) is 0 Å². The van der Waals surface area contributed by atoms with E-state index in [1.54, 1.807) is 0 Å². The molecule has 2 aromatic carbocycles. The van der Waals surface area contributed by atoms with E-state index in [9.17, 15) is 0 Å². The van der Waals surface area contributed by atoms with Crippen LogP contribution < -0.4 is 0 Å². The smallest absolute Gasteiger partial charge is 0.0873 e. The summed E-state index contributed by atoms with van der Waals surface area (Å²) in [6, 6.07) is 12.6. The van der Waals surface area contributed by atoms with Gasteiger partial charge in [0.25, 0.3) is 0 Å². The number of hydrogen-bond acceptors (Lipinski definition) is 2. The zero-order valence-corrected chi connectivity index (χ0v) is 18.8. The van der Waals surface area contributed by atoms with Gasteiger partial charge in [-0.15, -0.1) is 0 Å². The second-order valence-corrected chi connectivity index (χ2v) is 8.99. The fourth-order valence-electron chi connectivity index (χ4n) is 3.93. The third-order valence-electron chi connectivity index (χ3n) is 5.50. The summed E-state index contributed by atoms with van der Waals surface area (Å²) in [5.74, 6) is 1.25. The van der Waals surface area contributed by atoms with Crippen molar-refractivity contribution < 1.29 is 0 Å². The molecule has 150 valence electrons. The van der Waals surface area contributed by atoms with Gasteiger partial charge in [-0.05, 0) is 45.9 Å². The van der Waals surface area contributed by atoms with Crippen LogP contribution in [0.25, 0.3) is 0 Å². The number of hydrogen-bond donors (Lipinski definition) is 2. The highest BCUT2D eigenvalue weighted by atomic mass is 14.5. The Kier molecular flexibility index (Phi) is 6.98. The topological polar surface area (TPSA) is 47.7 Å². The highest BCUT2D eigenvalue weighted by Gasteiger charge is 2.25. The molecule has 0 aliphatic heterocycles. The molecule has 0 heterocycles. The van der Waals surface area contributed by atoms with Crippen molar-refractivity contribution in [2.24, 2.45) is 0 Å². The summed E-state index contributed by atoms with van der Waals surface area (Å²) < 4.78 is 0. The maximum absolute atomic E-state index is 9.09. The summed E-state index contributed by atoms with van der Waals surface area (Å²) in [5.41, 5.74) is 7.24. The lowest BCUT2D eigenvalue weighted by Gasteiger charge is -2.24. The van der Waals surface area contributed by atoms with Gasteiger partial charge in [-0.25, -0.2) is 0 Å². The second-order valence-electron chi connectivity index (χ2n) is 8.99. The van der Waals surface area contributed by atoms with E-state index < -0.39 is 0 Å². The van der Waals surface area contributed by atoms with Crippen LogP contribution in [0.15, 0.2) is 36.4 Å². The Balaban J connectivity index is 2.73. The van der Waals surface area contributed by atoms with Crippen LogP contribution in [-0.2, 0) is 0 Å². The van der Waals surface area contributed by atoms with Crippen LogP contribution in [0.1, 0.15) is 112 Å². The Hall–Kier alpha value is -2.22. The molecule has 2 heteroatoms. The molecule has 0 aromatic heterocycles. The lowest BCUT2D eigenvalue weighted by Crippen LogP contribution is -2.23. The Morgan fingerprint density at radius 3 is 0.893 bits per heavy atom. The van der Waals surface area contributed by atoms with Gasteiger partial charge in [-0.3, -0.25) is 10.8 Å². The molecule has 2 aromatic rings. The maximum atomic E-state index is 9.09. The second kappa shape index (κ2) is 8.86. The first-order chi connectivity index (χ1) is 13.1. The summed E-state index contributed by atoms with van der Waals surface area (Å²) >= 11 is 0. The zero-order chi connectivity index (χ0) is 21.2. The summed E-state index contributed by atoms with van der Waals surface area (Å²) in [6.07, 6.45) is 0. The molecule has 2 rings (SSSR count). The molecule has 0 aliphatic rings. The predicted octanol–water partition coefficient (Wildman–Crippen LogP) is 7.62. The fraction of sp³-hybridized carbons (Fsp3) is 0.462. The molecule has 0 radical (unpaired) electrons. The normalized spacial score (nSPS) is 11.7. The number of rotatable bonds is 7. The van der Waals surface area contributed by atoms with Crippen LogP contribution in [0.3, 0.4) is 0 Å². The van der Waals surface area contributed by atoms with Crippen molar-refractivity contribution >= 4 is 11.4 Å². The van der Waals surface area contributed by atoms with Crippen molar-refractivity contribution in [3.05, 3.63) is 69.8 Å². The predicted molar refractivity (Wildman–Crippen MR) is 123 cm³/mol. The lowest BCUT2D eigenvalue weighted by atomic mass is 9.80. The third kappa shape index (κ3) is 4.27. The Bertz CT molecular complexity index is 744. The molecule has 0 saturated carbocycles. The van der Waals surface area contributed by atoms with Crippen LogP contribution >= 0.6 is 0 Å². The van der Waals surface area contributed by atoms with Crippen molar-refractivity contribution in [1.82, 2.24) is 0 Å². The van der Waals surface area contributed by atoms with Crippen molar-refractivity contribution in [2.75, 3.05) is 0 Å². The third-order valence-corrected chi connectivity index (χ3v) is 5.50. The van der Waals surface area contributed by atoms with Gasteiger partial charge in [-0.2, -0.15) is 0 Å². The van der Waals surface area contributed by atoms with E-state index in [1.807, 2.05) is 0 Å². The lowest BCUT2D eigenvalue weighted by molar-refractivity contribution is 0.826. The average molecular weight is 377 g/mol. The largest absolute Gasteiger partial charge is 0.298 e. The fourth-order valence-corrected chi connectivity index (χ4v) is 3.93. The van der Waals surface area contributed by atoms with Gasteiger partial charge < -0.3 is 0 Å². The molecular formula is C26H36N2. The van der Waals surface area contributed by atoms with Gasteiger partial charge in [-0.1, -0.05) is 91.8 Å². The first-order valence-corrected chi connectivity index (χ1v) is 10.5. The van der Waals surface area contributed by atoms with Gasteiger partial charge in [0.05, 0.1) is 11.4 Å². The van der Waals surface area contributed by atoms with E-state index in [4.69, 9.17) is 10.8 Å². The number of benzene rings is 2. The van der Waals surface area contributed by atoms with Crippen LogP contribution in [0.4, 0.5) is 0 Å². The Morgan fingerprint density at radius 2 is 0.714 bits per heavy atom. The monoisotopic (exact) mass is 376 g/mol. The molecule has 0 atom stereocenters. The first kappa shape index (κ1) is 22.1. The Labute approximate surface area is 171 Å². The average Bonchev–Trinajstić information content (AvgIpc) is 2.65. The van der Waals surface area contributed by atoms with E-state index in [1.165, 1.54) is 0 Å². The molecule has 0 bridgehead atoms. The molecule has 2 N–H and O–H groups in total.